The number of hydrogen-bond acceptors (Lipinski definition) is 3. The minimum Gasteiger partial charge on any atom is -0.511 e. The van der Waals surface area contributed by atoms with E-state index in [4.69, 9.17) is 21.5 Å². The molecule has 0 saturated carbocycles. The second-order valence-corrected chi connectivity index (χ2v) is 3.92. The molecule has 1 rings (SSSR count). The Labute approximate surface area is 100 Å². The van der Waals surface area contributed by atoms with Crippen molar-refractivity contribution in [2.24, 2.45) is 0 Å². The van der Waals surface area contributed by atoms with Crippen molar-refractivity contribution in [1.82, 2.24) is 0 Å². The van der Waals surface area contributed by atoms with Gasteiger partial charge in [-0.2, -0.15) is 5.48 Å². The summed E-state index contributed by atoms with van der Waals surface area (Å²) in [6, 6.07) is 5.46. The van der Waals surface area contributed by atoms with Gasteiger partial charge >= 0.3 is 0 Å². The summed E-state index contributed by atoms with van der Waals surface area (Å²) in [6.45, 7) is 3.81. The molecule has 0 spiro atoms. The van der Waals surface area contributed by atoms with Gasteiger partial charge < -0.3 is 10.0 Å². The predicted octanol–water partition coefficient (Wildman–Crippen LogP) is 1.60. The van der Waals surface area contributed by atoms with E-state index in [0.29, 0.717) is 11.6 Å². The Balaban J connectivity index is 2.98. The van der Waals surface area contributed by atoms with Crippen LogP contribution in [0.5, 0.6) is 0 Å². The third-order valence-corrected chi connectivity index (χ3v) is 2.30. The van der Waals surface area contributed by atoms with E-state index in [1.54, 1.807) is 18.7 Å². The van der Waals surface area contributed by atoms with Gasteiger partial charge in [-0.05, 0) is 12.1 Å². The molecule has 0 radical (unpaired) electrons. The van der Waals surface area contributed by atoms with Crippen LogP contribution < -0.4 is 10.4 Å². The largest absolute Gasteiger partial charge is 0.511 e. The van der Waals surface area contributed by atoms with E-state index in [0.717, 1.165) is 11.4 Å². The standard InChI is InChI=1S/C11H15ClN2O2/c1-8(15)7-14(2)11-6-9(12)4-5-10(11)13-16-3/h4-6,13,15H,1,7H2,2-3H3/p+1. The molecule has 0 heterocycles. The van der Waals surface area contributed by atoms with Crippen molar-refractivity contribution >= 4 is 23.0 Å². The molecule has 0 aliphatic carbocycles. The zero-order valence-corrected chi connectivity index (χ0v) is 10.2. The van der Waals surface area contributed by atoms with Crippen LogP contribution in [0.25, 0.3) is 0 Å². The van der Waals surface area contributed by atoms with Gasteiger partial charge in [-0.1, -0.05) is 18.2 Å². The van der Waals surface area contributed by atoms with Crippen LogP contribution in [0.2, 0.25) is 5.02 Å². The number of anilines is 1. The fourth-order valence-corrected chi connectivity index (χ4v) is 1.60. The number of quaternary nitrogens is 1. The first-order valence-corrected chi connectivity index (χ1v) is 5.16. The van der Waals surface area contributed by atoms with Crippen LogP contribution in [-0.4, -0.2) is 25.8 Å². The van der Waals surface area contributed by atoms with Crippen LogP contribution in [0, 0.1) is 0 Å². The third kappa shape index (κ3) is 3.41. The lowest BCUT2D eigenvalue weighted by Crippen LogP contribution is -2.76. The molecule has 0 bridgehead atoms. The molecule has 1 aromatic carbocycles. The topological polar surface area (TPSA) is 49.3 Å². The highest BCUT2D eigenvalue weighted by Crippen LogP contribution is 2.25. The van der Waals surface area contributed by atoms with Gasteiger partial charge in [0.25, 0.3) is 0 Å². The van der Waals surface area contributed by atoms with Gasteiger partial charge in [0.1, 0.15) is 11.4 Å². The Morgan fingerprint density at radius 1 is 1.62 bits per heavy atom. The van der Waals surface area contributed by atoms with Crippen molar-refractivity contribution in [3.05, 3.63) is 35.6 Å². The van der Waals surface area contributed by atoms with Crippen molar-refractivity contribution in [1.29, 1.82) is 0 Å². The zero-order valence-electron chi connectivity index (χ0n) is 9.40. The number of halogens is 1. The fourth-order valence-electron chi connectivity index (χ4n) is 1.43. The summed E-state index contributed by atoms with van der Waals surface area (Å²) in [7, 11) is 3.43. The summed E-state index contributed by atoms with van der Waals surface area (Å²) < 4.78 is 0. The van der Waals surface area contributed by atoms with Gasteiger partial charge in [-0.25, -0.2) is 4.84 Å². The minimum absolute atomic E-state index is 0.103. The first-order valence-electron chi connectivity index (χ1n) is 4.78. The van der Waals surface area contributed by atoms with E-state index in [9.17, 15) is 0 Å². The number of rotatable bonds is 5. The highest BCUT2D eigenvalue weighted by atomic mass is 35.5. The molecule has 0 aromatic heterocycles. The average Bonchev–Trinajstić information content (AvgIpc) is 2.20. The highest BCUT2D eigenvalue weighted by Gasteiger charge is 2.12. The molecule has 0 aliphatic heterocycles. The number of aliphatic hydroxyl groups is 1. The molecule has 0 fully saturated rings. The second-order valence-electron chi connectivity index (χ2n) is 3.48. The summed E-state index contributed by atoms with van der Waals surface area (Å²) in [5.41, 5.74) is 3.41. The maximum Gasteiger partial charge on any atom is 0.185 e. The third-order valence-electron chi connectivity index (χ3n) is 2.07. The van der Waals surface area contributed by atoms with Gasteiger partial charge in [0.15, 0.2) is 5.69 Å². The summed E-state index contributed by atoms with van der Waals surface area (Å²) in [5.74, 6) is 0.103. The number of nitrogens with zero attached hydrogens (tertiary/aromatic N) is 1. The molecule has 0 atom stereocenters. The van der Waals surface area contributed by atoms with Crippen molar-refractivity contribution in [3.8, 4) is 0 Å². The lowest BCUT2D eigenvalue weighted by Gasteiger charge is -2.19. The van der Waals surface area contributed by atoms with Gasteiger partial charge in [-0.3, -0.25) is 0 Å². The Morgan fingerprint density at radius 3 is 2.88 bits per heavy atom. The molecular weight excluding hydrogens is 228 g/mol. The van der Waals surface area contributed by atoms with Gasteiger partial charge in [0.05, 0.1) is 13.7 Å². The molecule has 16 heavy (non-hydrogen) atoms. The van der Waals surface area contributed by atoms with Crippen molar-refractivity contribution in [2.45, 2.75) is 0 Å². The fraction of sp³-hybridized carbons (Fsp3) is 0.273. The number of likely N-dealkylation sites (N-methyl/N-ethyl adjacent to an activating group) is 1. The highest BCUT2D eigenvalue weighted by molar-refractivity contribution is 6.31. The monoisotopic (exact) mass is 243 g/mol. The van der Waals surface area contributed by atoms with Crippen molar-refractivity contribution < 1.29 is 15.4 Å². The maximum absolute atomic E-state index is 9.16. The first kappa shape index (κ1) is 12.8. The zero-order chi connectivity index (χ0) is 12.1. The number of hydrogen-bond donors (Lipinski definition) is 2. The molecule has 1 aromatic rings. The lowest BCUT2D eigenvalue weighted by atomic mass is 10.2. The predicted molar refractivity (Wildman–Crippen MR) is 65.1 cm³/mol. The van der Waals surface area contributed by atoms with Gasteiger partial charge in [0, 0.05) is 18.1 Å². The van der Waals surface area contributed by atoms with E-state index in [-0.39, 0.29) is 5.76 Å². The van der Waals surface area contributed by atoms with Crippen LogP contribution in [0.4, 0.5) is 11.4 Å². The van der Waals surface area contributed by atoms with Crippen LogP contribution in [0.15, 0.2) is 30.5 Å². The smallest absolute Gasteiger partial charge is 0.185 e. The summed E-state index contributed by atoms with van der Waals surface area (Å²) >= 11 is 5.93. The molecule has 4 nitrogen and oxygen atoms in total. The van der Waals surface area contributed by atoms with Crippen LogP contribution in [0.3, 0.4) is 0 Å². The van der Waals surface area contributed by atoms with E-state index >= 15 is 0 Å². The maximum atomic E-state index is 9.16. The summed E-state index contributed by atoms with van der Waals surface area (Å²) in [5, 5.41) is 9.80. The molecule has 0 unspecified atom stereocenters. The normalized spacial score (nSPS) is 10.2. The van der Waals surface area contributed by atoms with Crippen LogP contribution in [-0.2, 0) is 4.84 Å². The van der Waals surface area contributed by atoms with Crippen molar-refractivity contribution in [3.63, 3.8) is 0 Å². The second kappa shape index (κ2) is 5.75. The Hall–Kier alpha value is -1.23. The van der Waals surface area contributed by atoms with E-state index in [1.165, 1.54) is 0 Å². The Bertz CT molecular complexity index is 382. The SMILES string of the molecule is C=C(O)CN(C)c1cc(Cl)ccc1[NH2+]OC. The van der Waals surface area contributed by atoms with E-state index in [1.807, 2.05) is 24.1 Å². The number of nitrogens with two attached hydrogens (primary N) is 1. The molecule has 0 amide bonds. The molecule has 88 valence electrons. The quantitative estimate of drug-likeness (QED) is 0.469. The van der Waals surface area contributed by atoms with E-state index < -0.39 is 0 Å². The average molecular weight is 244 g/mol. The van der Waals surface area contributed by atoms with E-state index in [2.05, 4.69) is 6.58 Å². The minimum atomic E-state index is 0.103. The molecule has 0 aliphatic rings. The van der Waals surface area contributed by atoms with Gasteiger partial charge in [-0.15, -0.1) is 0 Å². The molecule has 0 saturated heterocycles. The summed E-state index contributed by atoms with van der Waals surface area (Å²) in [4.78, 5) is 6.83. The Morgan fingerprint density at radius 2 is 2.31 bits per heavy atom. The lowest BCUT2D eigenvalue weighted by molar-refractivity contribution is -0.829. The molecule has 3 N–H and O–H groups in total. The van der Waals surface area contributed by atoms with Crippen LogP contribution in [0.1, 0.15) is 0 Å². The summed E-state index contributed by atoms with van der Waals surface area (Å²) in [6.07, 6.45) is 0. The van der Waals surface area contributed by atoms with Crippen molar-refractivity contribution in [2.75, 3.05) is 25.6 Å². The van der Waals surface area contributed by atoms with Crippen LogP contribution >= 0.6 is 11.6 Å². The van der Waals surface area contributed by atoms with Gasteiger partial charge in [0.2, 0.25) is 0 Å². The number of benzene rings is 1. The molecular formula is C11H16ClN2O2+. The molecule has 5 heteroatoms. The number of aliphatic hydroxyl groups excluding tert-OH is 1. The first-order chi connectivity index (χ1) is 7.54. The Kier molecular flexibility index (Phi) is 4.61.